The van der Waals surface area contributed by atoms with E-state index in [-0.39, 0.29) is 6.04 Å². The highest BCUT2D eigenvalue weighted by molar-refractivity contribution is 5.82. The summed E-state index contributed by atoms with van der Waals surface area (Å²) in [6, 6.07) is 0.553. The smallest absolute Gasteiger partial charge is 0.240 e. The molecular formula is C15H28N2O. The molecule has 1 saturated heterocycles. The number of carbonyl (C=O) groups excluding carboxylic acids is 1. The van der Waals surface area contributed by atoms with Crippen LogP contribution in [-0.2, 0) is 4.79 Å². The lowest BCUT2D eigenvalue weighted by Crippen LogP contribution is -2.50. The Morgan fingerprint density at radius 1 is 1.06 bits per heavy atom. The summed E-state index contributed by atoms with van der Waals surface area (Å²) >= 11 is 0. The average molecular weight is 252 g/mol. The Kier molecular flexibility index (Phi) is 5.04. The van der Waals surface area contributed by atoms with Crippen LogP contribution in [0.5, 0.6) is 0 Å². The predicted molar refractivity (Wildman–Crippen MR) is 74.4 cm³/mol. The molecule has 2 unspecified atom stereocenters. The molecule has 1 N–H and O–H groups in total. The van der Waals surface area contributed by atoms with E-state index >= 15 is 0 Å². The number of carbonyl (C=O) groups is 1. The average Bonchev–Trinajstić information content (AvgIpc) is 2.69. The van der Waals surface area contributed by atoms with E-state index in [4.69, 9.17) is 0 Å². The van der Waals surface area contributed by atoms with E-state index in [0.717, 1.165) is 6.54 Å². The van der Waals surface area contributed by atoms with Crippen molar-refractivity contribution in [2.24, 2.45) is 5.92 Å². The standard InChI is InChI=1S/C15H28N2O/c1-12-8-7-11-17(15(18)14(12)16-2)13-9-5-3-4-6-10-13/h12-14,16H,3-11H2,1-2H3. The van der Waals surface area contributed by atoms with Crippen molar-refractivity contribution in [3.8, 4) is 0 Å². The summed E-state index contributed by atoms with van der Waals surface area (Å²) in [7, 11) is 1.93. The van der Waals surface area contributed by atoms with Crippen LogP contribution in [0.1, 0.15) is 58.3 Å². The van der Waals surface area contributed by atoms with Gasteiger partial charge in [-0.25, -0.2) is 0 Å². The molecule has 1 amide bonds. The van der Waals surface area contributed by atoms with Crippen LogP contribution in [-0.4, -0.2) is 36.5 Å². The molecule has 2 aliphatic rings. The Labute approximate surface area is 111 Å². The first kappa shape index (κ1) is 13.9. The molecule has 1 aliphatic heterocycles. The number of nitrogens with one attached hydrogen (secondary N) is 1. The number of likely N-dealkylation sites (tertiary alicyclic amines) is 1. The summed E-state index contributed by atoms with van der Waals surface area (Å²) in [6.07, 6.45) is 10.1. The maximum Gasteiger partial charge on any atom is 0.240 e. The summed E-state index contributed by atoms with van der Waals surface area (Å²) < 4.78 is 0. The fraction of sp³-hybridized carbons (Fsp3) is 0.933. The minimum Gasteiger partial charge on any atom is -0.338 e. The molecule has 3 heteroatoms. The minimum absolute atomic E-state index is 0.0377. The largest absolute Gasteiger partial charge is 0.338 e. The van der Waals surface area contributed by atoms with Gasteiger partial charge in [-0.1, -0.05) is 32.6 Å². The third-order valence-corrected chi connectivity index (χ3v) is 4.75. The minimum atomic E-state index is 0.0377. The number of rotatable bonds is 2. The first-order valence-corrected chi connectivity index (χ1v) is 7.71. The fourth-order valence-electron chi connectivity index (χ4n) is 3.62. The lowest BCUT2D eigenvalue weighted by Gasteiger charge is -2.33. The normalized spacial score (nSPS) is 32.1. The van der Waals surface area contributed by atoms with E-state index in [1.807, 2.05) is 7.05 Å². The molecule has 1 aliphatic carbocycles. The van der Waals surface area contributed by atoms with Gasteiger partial charge in [0.15, 0.2) is 0 Å². The molecule has 0 bridgehead atoms. The summed E-state index contributed by atoms with van der Waals surface area (Å²) in [4.78, 5) is 14.9. The first-order chi connectivity index (χ1) is 8.74. The van der Waals surface area contributed by atoms with Crippen LogP contribution in [0, 0.1) is 5.92 Å². The third kappa shape index (κ3) is 3.05. The first-order valence-electron chi connectivity index (χ1n) is 7.71. The van der Waals surface area contributed by atoms with Gasteiger partial charge < -0.3 is 10.2 Å². The number of hydrogen-bond acceptors (Lipinski definition) is 2. The Balaban J connectivity index is 2.07. The summed E-state index contributed by atoms with van der Waals surface area (Å²) in [5.74, 6) is 0.827. The molecule has 0 spiro atoms. The van der Waals surface area contributed by atoms with E-state index in [2.05, 4.69) is 17.1 Å². The number of amides is 1. The molecule has 1 heterocycles. The van der Waals surface area contributed by atoms with Crippen molar-refractivity contribution in [2.75, 3.05) is 13.6 Å². The maximum absolute atomic E-state index is 12.7. The monoisotopic (exact) mass is 252 g/mol. The molecule has 2 rings (SSSR count). The lowest BCUT2D eigenvalue weighted by atomic mass is 9.97. The van der Waals surface area contributed by atoms with Crippen LogP contribution >= 0.6 is 0 Å². The molecular weight excluding hydrogens is 224 g/mol. The van der Waals surface area contributed by atoms with Crippen molar-refractivity contribution < 1.29 is 4.79 Å². The van der Waals surface area contributed by atoms with Crippen molar-refractivity contribution in [3.05, 3.63) is 0 Å². The van der Waals surface area contributed by atoms with Gasteiger partial charge >= 0.3 is 0 Å². The number of hydrogen-bond donors (Lipinski definition) is 1. The second kappa shape index (κ2) is 6.55. The van der Waals surface area contributed by atoms with E-state index in [0.29, 0.717) is 17.9 Å². The van der Waals surface area contributed by atoms with Crippen molar-refractivity contribution in [3.63, 3.8) is 0 Å². The zero-order valence-electron chi connectivity index (χ0n) is 12.0. The van der Waals surface area contributed by atoms with Gasteiger partial charge in [-0.05, 0) is 38.6 Å². The molecule has 0 aromatic rings. The van der Waals surface area contributed by atoms with Crippen LogP contribution in [0.4, 0.5) is 0 Å². The molecule has 0 radical (unpaired) electrons. The highest BCUT2D eigenvalue weighted by Crippen LogP contribution is 2.26. The van der Waals surface area contributed by atoms with Crippen molar-refractivity contribution in [1.82, 2.24) is 10.2 Å². The van der Waals surface area contributed by atoms with Gasteiger partial charge in [-0.2, -0.15) is 0 Å². The van der Waals surface area contributed by atoms with Crippen LogP contribution in [0.2, 0.25) is 0 Å². The van der Waals surface area contributed by atoms with Crippen LogP contribution in [0.3, 0.4) is 0 Å². The number of likely N-dealkylation sites (N-methyl/N-ethyl adjacent to an activating group) is 1. The molecule has 2 fully saturated rings. The highest BCUT2D eigenvalue weighted by Gasteiger charge is 2.34. The van der Waals surface area contributed by atoms with E-state index in [9.17, 15) is 4.79 Å². The molecule has 1 saturated carbocycles. The zero-order valence-corrected chi connectivity index (χ0v) is 12.0. The summed E-state index contributed by atoms with van der Waals surface area (Å²) in [5, 5.41) is 3.24. The van der Waals surface area contributed by atoms with E-state index in [1.165, 1.54) is 51.4 Å². The van der Waals surface area contributed by atoms with E-state index < -0.39 is 0 Å². The van der Waals surface area contributed by atoms with Gasteiger partial charge in [0.05, 0.1) is 6.04 Å². The summed E-state index contributed by atoms with van der Waals surface area (Å²) in [5.41, 5.74) is 0. The Morgan fingerprint density at radius 2 is 1.72 bits per heavy atom. The van der Waals surface area contributed by atoms with Crippen LogP contribution in [0.15, 0.2) is 0 Å². The zero-order chi connectivity index (χ0) is 13.0. The fourth-order valence-corrected chi connectivity index (χ4v) is 3.62. The van der Waals surface area contributed by atoms with Crippen LogP contribution < -0.4 is 5.32 Å². The quantitative estimate of drug-likeness (QED) is 0.766. The van der Waals surface area contributed by atoms with Gasteiger partial charge in [0.2, 0.25) is 5.91 Å². The number of nitrogens with zero attached hydrogens (tertiary/aromatic N) is 1. The topological polar surface area (TPSA) is 32.3 Å². The van der Waals surface area contributed by atoms with Crippen molar-refractivity contribution >= 4 is 5.91 Å². The van der Waals surface area contributed by atoms with Crippen molar-refractivity contribution in [1.29, 1.82) is 0 Å². The Bertz CT molecular complexity index is 272. The van der Waals surface area contributed by atoms with E-state index in [1.54, 1.807) is 0 Å². The molecule has 18 heavy (non-hydrogen) atoms. The van der Waals surface area contributed by atoms with Gasteiger partial charge in [0.25, 0.3) is 0 Å². The molecule has 3 nitrogen and oxygen atoms in total. The van der Waals surface area contributed by atoms with Gasteiger partial charge in [-0.15, -0.1) is 0 Å². The second-order valence-electron chi connectivity index (χ2n) is 6.06. The Morgan fingerprint density at radius 3 is 2.33 bits per heavy atom. The van der Waals surface area contributed by atoms with Gasteiger partial charge in [-0.3, -0.25) is 4.79 Å². The second-order valence-corrected chi connectivity index (χ2v) is 6.06. The summed E-state index contributed by atoms with van der Waals surface area (Å²) in [6.45, 7) is 3.18. The Hall–Kier alpha value is -0.570. The third-order valence-electron chi connectivity index (χ3n) is 4.75. The van der Waals surface area contributed by atoms with Gasteiger partial charge in [0, 0.05) is 12.6 Å². The SMILES string of the molecule is CNC1C(=O)N(C2CCCCCC2)CCCC1C. The van der Waals surface area contributed by atoms with Crippen LogP contribution in [0.25, 0.3) is 0 Å². The molecule has 2 atom stereocenters. The maximum atomic E-state index is 12.7. The lowest BCUT2D eigenvalue weighted by molar-refractivity contribution is -0.136. The predicted octanol–water partition coefficient (Wildman–Crippen LogP) is 2.56. The van der Waals surface area contributed by atoms with Crippen molar-refractivity contribution in [2.45, 2.75) is 70.4 Å². The highest BCUT2D eigenvalue weighted by atomic mass is 16.2. The molecule has 0 aromatic heterocycles. The molecule has 0 aromatic carbocycles. The molecule has 104 valence electrons. The van der Waals surface area contributed by atoms with Gasteiger partial charge in [0.1, 0.15) is 0 Å².